The number of hydrogen-bond donors (Lipinski definition) is 2. The molecule has 2 N–H and O–H groups in total. The average molecular weight is 239 g/mol. The molecule has 0 saturated carbocycles. The monoisotopic (exact) mass is 239 g/mol. The van der Waals surface area contributed by atoms with Crippen LogP contribution in [0.5, 0.6) is 0 Å². The maximum absolute atomic E-state index is 11.6. The molecule has 1 aromatic rings. The summed E-state index contributed by atoms with van der Waals surface area (Å²) in [5, 5.41) is 13.1. The van der Waals surface area contributed by atoms with Gasteiger partial charge in [-0.3, -0.25) is 9.59 Å². The quantitative estimate of drug-likeness (QED) is 0.816. The summed E-state index contributed by atoms with van der Waals surface area (Å²) in [4.78, 5) is 24.8. The first-order valence-corrected chi connectivity index (χ1v) is 5.76. The summed E-state index contributed by atoms with van der Waals surface area (Å²) in [7, 11) is 0. The van der Waals surface area contributed by atoms with Gasteiger partial charge in [-0.15, -0.1) is 0 Å². The third-order valence-corrected chi connectivity index (χ3v) is 2.83. The Bertz CT molecular complexity index is 455. The molecule has 16 heavy (non-hydrogen) atoms. The number of rotatable bonds is 4. The van der Waals surface area contributed by atoms with Gasteiger partial charge in [-0.2, -0.15) is 5.26 Å². The van der Waals surface area contributed by atoms with Gasteiger partial charge in [0.1, 0.15) is 5.92 Å². The molecule has 0 spiro atoms. The van der Waals surface area contributed by atoms with Gasteiger partial charge in [0, 0.05) is 11.1 Å². The summed E-state index contributed by atoms with van der Waals surface area (Å²) < 4.78 is 0. The third-order valence-electron chi connectivity index (χ3n) is 2.11. The fraction of sp³-hybridized carbons (Fsp3) is 0.500. The molecule has 0 aliphatic heterocycles. The molecular formula is C10H13N3O2S. The molecule has 1 rings (SSSR count). The van der Waals surface area contributed by atoms with Crippen molar-refractivity contribution in [2.45, 2.75) is 20.4 Å². The topological polar surface area (TPSA) is 85.8 Å². The van der Waals surface area contributed by atoms with Gasteiger partial charge >= 0.3 is 4.87 Å². The average Bonchev–Trinajstić information content (AvgIpc) is 2.62. The van der Waals surface area contributed by atoms with Crippen LogP contribution in [0.4, 0.5) is 0 Å². The van der Waals surface area contributed by atoms with E-state index in [1.807, 2.05) is 19.9 Å². The molecular weight excluding hydrogens is 226 g/mol. The molecule has 0 radical (unpaired) electrons. The molecule has 5 nitrogen and oxygen atoms in total. The van der Waals surface area contributed by atoms with Crippen LogP contribution in [-0.2, 0) is 11.3 Å². The number of carbonyl (C=O) groups is 1. The zero-order valence-corrected chi connectivity index (χ0v) is 9.93. The van der Waals surface area contributed by atoms with Crippen LogP contribution in [0.25, 0.3) is 0 Å². The van der Waals surface area contributed by atoms with Crippen LogP contribution in [-0.4, -0.2) is 10.9 Å². The highest BCUT2D eigenvalue weighted by Gasteiger charge is 2.21. The maximum Gasteiger partial charge on any atom is 0.304 e. The van der Waals surface area contributed by atoms with Gasteiger partial charge < -0.3 is 10.3 Å². The standard InChI is InChI=1S/C10H13N3O2S/c1-6(2)8(3-11)9(14)12-4-7-5-16-10(15)13-7/h5-6,8H,4H2,1-2H3,(H,12,14)(H,13,15). The summed E-state index contributed by atoms with van der Waals surface area (Å²) in [5.74, 6) is -0.971. The van der Waals surface area contributed by atoms with Crippen LogP contribution in [0.3, 0.4) is 0 Å². The molecule has 86 valence electrons. The number of H-pyrrole nitrogens is 1. The third kappa shape index (κ3) is 3.21. The van der Waals surface area contributed by atoms with Crippen LogP contribution in [0.15, 0.2) is 10.2 Å². The number of aromatic amines is 1. The highest BCUT2D eigenvalue weighted by atomic mass is 32.1. The Morgan fingerprint density at radius 3 is 2.81 bits per heavy atom. The molecule has 0 fully saturated rings. The fourth-order valence-electron chi connectivity index (χ4n) is 1.20. The first-order valence-electron chi connectivity index (χ1n) is 4.88. The van der Waals surface area contributed by atoms with Crippen LogP contribution in [0.1, 0.15) is 19.5 Å². The lowest BCUT2D eigenvalue weighted by Crippen LogP contribution is -2.32. The van der Waals surface area contributed by atoms with Gasteiger partial charge in [0.15, 0.2) is 0 Å². The lowest BCUT2D eigenvalue weighted by molar-refractivity contribution is -0.124. The second-order valence-electron chi connectivity index (χ2n) is 3.74. The van der Waals surface area contributed by atoms with Crippen LogP contribution in [0.2, 0.25) is 0 Å². The Morgan fingerprint density at radius 2 is 2.38 bits per heavy atom. The summed E-state index contributed by atoms with van der Waals surface area (Å²) in [6.45, 7) is 3.89. The van der Waals surface area contributed by atoms with Crippen molar-refractivity contribution in [1.82, 2.24) is 10.3 Å². The van der Waals surface area contributed by atoms with Crippen molar-refractivity contribution in [2.75, 3.05) is 0 Å². The maximum atomic E-state index is 11.6. The largest absolute Gasteiger partial charge is 0.349 e. The van der Waals surface area contributed by atoms with Gasteiger partial charge in [-0.25, -0.2) is 0 Å². The minimum atomic E-state index is -0.648. The SMILES string of the molecule is CC(C)C(C#N)C(=O)NCc1csc(=O)[nH]1. The van der Waals surface area contributed by atoms with Gasteiger partial charge in [0.2, 0.25) is 5.91 Å². The van der Waals surface area contributed by atoms with E-state index in [9.17, 15) is 9.59 Å². The van der Waals surface area contributed by atoms with Crippen molar-refractivity contribution >= 4 is 17.2 Å². The van der Waals surface area contributed by atoms with E-state index in [0.29, 0.717) is 5.69 Å². The van der Waals surface area contributed by atoms with Crippen molar-refractivity contribution in [3.63, 3.8) is 0 Å². The normalized spacial score (nSPS) is 12.1. The van der Waals surface area contributed by atoms with Crippen LogP contribution >= 0.6 is 11.3 Å². The van der Waals surface area contributed by atoms with Gasteiger partial charge in [-0.05, 0) is 5.92 Å². The number of thiazole rings is 1. The van der Waals surface area contributed by atoms with E-state index in [4.69, 9.17) is 5.26 Å². The van der Waals surface area contributed by atoms with Crippen LogP contribution in [0, 0.1) is 23.2 Å². The summed E-state index contributed by atoms with van der Waals surface area (Å²) in [6, 6.07) is 1.96. The van der Waals surface area contributed by atoms with Crippen molar-refractivity contribution < 1.29 is 4.79 Å². The molecule has 1 atom stereocenters. The second-order valence-corrected chi connectivity index (χ2v) is 4.58. The molecule has 0 aliphatic rings. The zero-order valence-electron chi connectivity index (χ0n) is 9.11. The molecule has 1 heterocycles. The Hall–Kier alpha value is -1.61. The zero-order chi connectivity index (χ0) is 12.1. The Balaban J connectivity index is 2.53. The van der Waals surface area contributed by atoms with E-state index in [0.717, 1.165) is 11.3 Å². The second kappa shape index (κ2) is 5.47. The first-order chi connectivity index (χ1) is 7.54. The fourth-order valence-corrected chi connectivity index (χ4v) is 1.78. The van der Waals surface area contributed by atoms with E-state index in [-0.39, 0.29) is 23.2 Å². The van der Waals surface area contributed by atoms with E-state index in [1.54, 1.807) is 5.38 Å². The predicted molar refractivity (Wildman–Crippen MR) is 60.7 cm³/mol. The molecule has 1 unspecified atom stereocenters. The van der Waals surface area contributed by atoms with Gasteiger partial charge in [0.25, 0.3) is 0 Å². The Morgan fingerprint density at radius 1 is 1.69 bits per heavy atom. The summed E-state index contributed by atoms with van der Waals surface area (Å²) in [5.41, 5.74) is 0.656. The van der Waals surface area contributed by atoms with Crippen molar-refractivity contribution in [2.24, 2.45) is 11.8 Å². The number of carbonyl (C=O) groups excluding carboxylic acids is 1. The number of aromatic nitrogens is 1. The first kappa shape index (κ1) is 12.5. The van der Waals surface area contributed by atoms with E-state index in [2.05, 4.69) is 10.3 Å². The molecule has 1 aromatic heterocycles. The molecule has 0 saturated heterocycles. The van der Waals surface area contributed by atoms with Crippen molar-refractivity contribution in [3.05, 3.63) is 20.7 Å². The van der Waals surface area contributed by atoms with Crippen LogP contribution < -0.4 is 10.2 Å². The highest BCUT2D eigenvalue weighted by Crippen LogP contribution is 2.09. The highest BCUT2D eigenvalue weighted by molar-refractivity contribution is 7.07. The minimum Gasteiger partial charge on any atom is -0.349 e. The lowest BCUT2D eigenvalue weighted by Gasteiger charge is -2.12. The molecule has 0 bridgehead atoms. The molecule has 0 aliphatic carbocycles. The minimum absolute atomic E-state index is 0.0217. The van der Waals surface area contributed by atoms with E-state index < -0.39 is 5.92 Å². The Kier molecular flexibility index (Phi) is 4.26. The van der Waals surface area contributed by atoms with Crippen molar-refractivity contribution in [3.8, 4) is 6.07 Å². The number of nitriles is 1. The Labute approximate surface area is 97.1 Å². The summed E-state index contributed by atoms with van der Waals surface area (Å²) in [6.07, 6.45) is 0. The number of amides is 1. The van der Waals surface area contributed by atoms with E-state index >= 15 is 0 Å². The number of hydrogen-bond acceptors (Lipinski definition) is 4. The van der Waals surface area contributed by atoms with Crippen molar-refractivity contribution in [1.29, 1.82) is 5.26 Å². The summed E-state index contributed by atoms with van der Waals surface area (Å²) >= 11 is 1.05. The molecule has 0 aromatic carbocycles. The van der Waals surface area contributed by atoms with E-state index in [1.165, 1.54) is 0 Å². The van der Waals surface area contributed by atoms with Gasteiger partial charge in [0.05, 0.1) is 12.6 Å². The lowest BCUT2D eigenvalue weighted by atomic mass is 9.97. The number of nitrogens with zero attached hydrogens (tertiary/aromatic N) is 1. The molecule has 1 amide bonds. The van der Waals surface area contributed by atoms with Gasteiger partial charge in [-0.1, -0.05) is 25.2 Å². The smallest absolute Gasteiger partial charge is 0.304 e. The number of nitrogens with one attached hydrogen (secondary N) is 2. The predicted octanol–water partition coefficient (Wildman–Crippen LogP) is 0.848. The molecule has 6 heteroatoms.